The summed E-state index contributed by atoms with van der Waals surface area (Å²) in [6.07, 6.45) is -0.513. The third-order valence-corrected chi connectivity index (χ3v) is 3.05. The van der Waals surface area contributed by atoms with E-state index in [0.717, 1.165) is 31.5 Å². The largest absolute Gasteiger partial charge is 0.433 e. The number of anilines is 1. The molecule has 1 heterocycles. The minimum absolute atomic E-state index is 0.0450. The predicted octanol–water partition coefficient (Wildman–Crippen LogP) is 1.85. The van der Waals surface area contributed by atoms with Gasteiger partial charge in [0, 0.05) is 18.8 Å². The average Bonchev–Trinajstić information content (AvgIpc) is 2.25. The van der Waals surface area contributed by atoms with Gasteiger partial charge in [0.2, 0.25) is 5.95 Å². The molecule has 1 saturated carbocycles. The Kier molecular flexibility index (Phi) is 3.70. The summed E-state index contributed by atoms with van der Waals surface area (Å²) in [6.45, 7) is 0.127. The summed E-state index contributed by atoms with van der Waals surface area (Å²) in [5.74, 6) is 0.0450. The number of nitrogens with zero attached hydrogens (tertiary/aromatic N) is 3. The van der Waals surface area contributed by atoms with E-state index in [4.69, 9.17) is 5.11 Å². The van der Waals surface area contributed by atoms with Crippen molar-refractivity contribution >= 4 is 5.95 Å². The molecule has 7 heteroatoms. The van der Waals surface area contributed by atoms with Crippen molar-refractivity contribution in [3.8, 4) is 0 Å². The first kappa shape index (κ1) is 13.1. The summed E-state index contributed by atoms with van der Waals surface area (Å²) >= 11 is 0. The molecule has 0 amide bonds. The zero-order valence-corrected chi connectivity index (χ0v) is 9.69. The number of alkyl halides is 3. The van der Waals surface area contributed by atoms with Crippen LogP contribution in [0, 0.1) is 0 Å². The Bertz CT molecular complexity index is 407. The lowest BCUT2D eigenvalue weighted by atomic mass is 9.92. The van der Waals surface area contributed by atoms with Gasteiger partial charge in [-0.25, -0.2) is 9.97 Å². The standard InChI is InChI=1S/C11H14F3N3O/c12-11(13,14)9-4-5-15-10(16-9)17(6-7-18)8-2-1-3-8/h4-5,8,18H,1-3,6-7H2. The molecular formula is C11H14F3N3O. The molecule has 0 aromatic carbocycles. The number of hydrogen-bond donors (Lipinski definition) is 1. The van der Waals surface area contributed by atoms with Gasteiger partial charge in [0.25, 0.3) is 0 Å². The van der Waals surface area contributed by atoms with Gasteiger partial charge in [-0.3, -0.25) is 0 Å². The van der Waals surface area contributed by atoms with Crippen LogP contribution in [-0.4, -0.2) is 34.3 Å². The van der Waals surface area contributed by atoms with Crippen LogP contribution in [-0.2, 0) is 6.18 Å². The molecule has 0 aliphatic heterocycles. The molecule has 0 radical (unpaired) electrons. The van der Waals surface area contributed by atoms with Gasteiger partial charge in [0.1, 0.15) is 5.69 Å². The van der Waals surface area contributed by atoms with E-state index < -0.39 is 11.9 Å². The Morgan fingerprint density at radius 3 is 2.61 bits per heavy atom. The Balaban J connectivity index is 2.24. The van der Waals surface area contributed by atoms with E-state index in [0.29, 0.717) is 0 Å². The first-order valence-electron chi connectivity index (χ1n) is 5.80. The van der Waals surface area contributed by atoms with Crippen molar-refractivity contribution in [3.05, 3.63) is 18.0 Å². The number of aromatic nitrogens is 2. The molecule has 0 spiro atoms. The summed E-state index contributed by atoms with van der Waals surface area (Å²) in [7, 11) is 0. The molecule has 0 unspecified atom stereocenters. The van der Waals surface area contributed by atoms with Crippen molar-refractivity contribution in [3.63, 3.8) is 0 Å². The average molecular weight is 261 g/mol. The van der Waals surface area contributed by atoms with Gasteiger partial charge in [-0.15, -0.1) is 0 Å². The third-order valence-electron chi connectivity index (χ3n) is 3.05. The van der Waals surface area contributed by atoms with Crippen LogP contribution >= 0.6 is 0 Å². The summed E-state index contributed by atoms with van der Waals surface area (Å²) in [5, 5.41) is 8.98. The number of hydrogen-bond acceptors (Lipinski definition) is 4. The zero-order chi connectivity index (χ0) is 13.2. The molecule has 1 aromatic heterocycles. The van der Waals surface area contributed by atoms with Gasteiger partial charge >= 0.3 is 6.18 Å². The second-order valence-corrected chi connectivity index (χ2v) is 4.24. The topological polar surface area (TPSA) is 49.2 Å². The first-order valence-corrected chi connectivity index (χ1v) is 5.80. The highest BCUT2D eigenvalue weighted by Crippen LogP contribution is 2.31. The van der Waals surface area contributed by atoms with Gasteiger partial charge in [-0.2, -0.15) is 13.2 Å². The van der Waals surface area contributed by atoms with Crippen LogP contribution in [0.5, 0.6) is 0 Å². The molecule has 2 rings (SSSR count). The highest BCUT2D eigenvalue weighted by atomic mass is 19.4. The second kappa shape index (κ2) is 5.09. The van der Waals surface area contributed by atoms with E-state index in [2.05, 4.69) is 9.97 Å². The SMILES string of the molecule is OCCN(c1nccc(C(F)(F)F)n1)C1CCC1. The summed E-state index contributed by atoms with van der Waals surface area (Å²) in [6, 6.07) is 0.988. The van der Waals surface area contributed by atoms with Crippen LogP contribution in [0.15, 0.2) is 12.3 Å². The molecule has 0 atom stereocenters. The van der Waals surface area contributed by atoms with E-state index in [1.165, 1.54) is 0 Å². The van der Waals surface area contributed by atoms with Crippen LogP contribution in [0.2, 0.25) is 0 Å². The zero-order valence-electron chi connectivity index (χ0n) is 9.69. The molecule has 1 N–H and O–H groups in total. The highest BCUT2D eigenvalue weighted by Gasteiger charge is 2.34. The van der Waals surface area contributed by atoms with Gasteiger partial charge in [-0.1, -0.05) is 0 Å². The van der Waals surface area contributed by atoms with Crippen LogP contribution < -0.4 is 4.90 Å². The fourth-order valence-corrected chi connectivity index (χ4v) is 1.90. The first-order chi connectivity index (χ1) is 8.52. The maximum Gasteiger partial charge on any atom is 0.433 e. The summed E-state index contributed by atoms with van der Waals surface area (Å²) in [5.41, 5.74) is -0.949. The molecule has 1 aliphatic carbocycles. The van der Waals surface area contributed by atoms with Crippen molar-refractivity contribution in [2.45, 2.75) is 31.5 Å². The molecule has 1 aliphatic rings. The van der Waals surface area contributed by atoms with E-state index >= 15 is 0 Å². The van der Waals surface area contributed by atoms with Crippen LogP contribution in [0.1, 0.15) is 25.0 Å². The van der Waals surface area contributed by atoms with Crippen LogP contribution in [0.3, 0.4) is 0 Å². The normalized spacial score (nSPS) is 16.4. The maximum atomic E-state index is 12.6. The Hall–Kier alpha value is -1.37. The molecule has 0 bridgehead atoms. The molecule has 18 heavy (non-hydrogen) atoms. The Labute approximate surface area is 102 Å². The predicted molar refractivity (Wildman–Crippen MR) is 59.1 cm³/mol. The van der Waals surface area contributed by atoms with E-state index in [9.17, 15) is 13.2 Å². The van der Waals surface area contributed by atoms with Gasteiger partial charge < -0.3 is 10.0 Å². The van der Waals surface area contributed by atoms with Gasteiger partial charge in [0.05, 0.1) is 6.61 Å². The third kappa shape index (κ3) is 2.72. The van der Waals surface area contributed by atoms with Crippen LogP contribution in [0.4, 0.5) is 19.1 Å². The molecule has 1 fully saturated rings. The van der Waals surface area contributed by atoms with Crippen molar-refractivity contribution < 1.29 is 18.3 Å². The molecule has 100 valence electrons. The second-order valence-electron chi connectivity index (χ2n) is 4.24. The minimum Gasteiger partial charge on any atom is -0.395 e. The van der Waals surface area contributed by atoms with Gasteiger partial charge in [-0.05, 0) is 25.3 Å². The lowest BCUT2D eigenvalue weighted by molar-refractivity contribution is -0.141. The van der Waals surface area contributed by atoms with E-state index in [1.54, 1.807) is 4.90 Å². The smallest absolute Gasteiger partial charge is 0.395 e. The number of aliphatic hydroxyl groups excluding tert-OH is 1. The van der Waals surface area contributed by atoms with Crippen molar-refractivity contribution in [1.29, 1.82) is 0 Å². The molecule has 4 nitrogen and oxygen atoms in total. The fraction of sp³-hybridized carbons (Fsp3) is 0.636. The van der Waals surface area contributed by atoms with E-state index in [1.807, 2.05) is 0 Å². The Morgan fingerprint density at radius 2 is 2.11 bits per heavy atom. The van der Waals surface area contributed by atoms with Crippen molar-refractivity contribution in [1.82, 2.24) is 9.97 Å². The molecule has 0 saturated heterocycles. The quantitative estimate of drug-likeness (QED) is 0.898. The van der Waals surface area contributed by atoms with Crippen molar-refractivity contribution in [2.24, 2.45) is 0 Å². The number of aliphatic hydroxyl groups is 1. The van der Waals surface area contributed by atoms with E-state index in [-0.39, 0.29) is 25.1 Å². The molecular weight excluding hydrogens is 247 g/mol. The van der Waals surface area contributed by atoms with Crippen molar-refractivity contribution in [2.75, 3.05) is 18.1 Å². The lowest BCUT2D eigenvalue weighted by Gasteiger charge is -2.37. The molecule has 1 aromatic rings. The number of rotatable bonds is 4. The van der Waals surface area contributed by atoms with Crippen LogP contribution in [0.25, 0.3) is 0 Å². The number of halogens is 3. The summed E-state index contributed by atoms with van der Waals surface area (Å²) in [4.78, 5) is 9.07. The highest BCUT2D eigenvalue weighted by molar-refractivity contribution is 5.33. The Morgan fingerprint density at radius 1 is 1.39 bits per heavy atom. The monoisotopic (exact) mass is 261 g/mol. The lowest BCUT2D eigenvalue weighted by Crippen LogP contribution is -2.43. The fourth-order valence-electron chi connectivity index (χ4n) is 1.90. The summed E-state index contributed by atoms with van der Waals surface area (Å²) < 4.78 is 37.7. The van der Waals surface area contributed by atoms with Gasteiger partial charge in [0.15, 0.2) is 0 Å². The minimum atomic E-state index is -4.47. The maximum absolute atomic E-state index is 12.6.